The molecule has 3 rings (SSSR count). The van der Waals surface area contributed by atoms with Gasteiger partial charge in [0, 0.05) is 19.3 Å². The van der Waals surface area contributed by atoms with Gasteiger partial charge in [-0.1, -0.05) is 23.5 Å². The van der Waals surface area contributed by atoms with E-state index < -0.39 is 23.1 Å². The number of nitrogens with zero attached hydrogens (tertiary/aromatic N) is 3. The second kappa shape index (κ2) is 7.75. The molecule has 0 radical (unpaired) electrons. The summed E-state index contributed by atoms with van der Waals surface area (Å²) in [4.78, 5) is 16.0. The highest BCUT2D eigenvalue weighted by Gasteiger charge is 2.16. The Balaban J connectivity index is 1.51. The smallest absolute Gasteiger partial charge is 0.257 e. The Morgan fingerprint density at radius 3 is 2.56 bits per heavy atom. The molecule has 2 aromatic heterocycles. The van der Waals surface area contributed by atoms with Crippen molar-refractivity contribution in [2.75, 3.05) is 18.4 Å². The molecule has 2 N–H and O–H groups in total. The van der Waals surface area contributed by atoms with E-state index in [1.165, 1.54) is 17.4 Å². The summed E-state index contributed by atoms with van der Waals surface area (Å²) in [5.41, 5.74) is 0.132. The molecule has 0 atom stereocenters. The highest BCUT2D eigenvalue weighted by atomic mass is 32.1. The molecule has 0 saturated heterocycles. The van der Waals surface area contributed by atoms with E-state index in [2.05, 4.69) is 25.8 Å². The van der Waals surface area contributed by atoms with Crippen LogP contribution in [0.25, 0.3) is 10.7 Å². The molecule has 0 fully saturated rings. The van der Waals surface area contributed by atoms with Crippen LogP contribution in [0.3, 0.4) is 0 Å². The number of halogens is 2. The minimum absolute atomic E-state index is 0.172. The van der Waals surface area contributed by atoms with Gasteiger partial charge in [0.1, 0.15) is 22.9 Å². The number of amides is 1. The van der Waals surface area contributed by atoms with Crippen molar-refractivity contribution in [3.8, 4) is 10.7 Å². The highest BCUT2D eigenvalue weighted by molar-refractivity contribution is 7.18. The number of benzene rings is 1. The predicted octanol–water partition coefficient (Wildman–Crippen LogP) is 2.72. The van der Waals surface area contributed by atoms with Gasteiger partial charge < -0.3 is 10.6 Å². The second-order valence-electron chi connectivity index (χ2n) is 4.91. The Kier molecular flexibility index (Phi) is 5.24. The van der Waals surface area contributed by atoms with E-state index in [0.717, 1.165) is 17.8 Å². The molecule has 1 amide bonds. The largest absolute Gasteiger partial charge is 0.358 e. The van der Waals surface area contributed by atoms with E-state index in [-0.39, 0.29) is 6.54 Å². The molecule has 3 aromatic rings. The Morgan fingerprint density at radius 1 is 1.04 bits per heavy atom. The van der Waals surface area contributed by atoms with Gasteiger partial charge in [-0.05, 0) is 24.3 Å². The van der Waals surface area contributed by atoms with Gasteiger partial charge in [-0.15, -0.1) is 10.2 Å². The molecule has 0 spiro atoms. The number of hydrogen-bond acceptors (Lipinski definition) is 6. The summed E-state index contributed by atoms with van der Waals surface area (Å²) >= 11 is 1.32. The molecule has 9 heteroatoms. The lowest BCUT2D eigenvalue weighted by Gasteiger charge is -2.07. The summed E-state index contributed by atoms with van der Waals surface area (Å²) in [6, 6.07) is 8.78. The molecular formula is C16H13F2N5OS. The number of pyridine rings is 1. The molecule has 0 saturated carbocycles. The molecule has 0 aliphatic heterocycles. The van der Waals surface area contributed by atoms with Crippen LogP contribution >= 0.6 is 11.3 Å². The third kappa shape index (κ3) is 4.13. The van der Waals surface area contributed by atoms with Crippen LogP contribution in [0.15, 0.2) is 42.6 Å². The van der Waals surface area contributed by atoms with Gasteiger partial charge in [0.25, 0.3) is 5.91 Å². The first kappa shape index (κ1) is 16.9. The molecule has 128 valence electrons. The van der Waals surface area contributed by atoms with E-state index >= 15 is 0 Å². The zero-order valence-corrected chi connectivity index (χ0v) is 13.7. The average molecular weight is 361 g/mol. The van der Waals surface area contributed by atoms with Crippen molar-refractivity contribution >= 4 is 22.4 Å². The summed E-state index contributed by atoms with van der Waals surface area (Å²) in [5, 5.41) is 14.7. The monoisotopic (exact) mass is 361 g/mol. The van der Waals surface area contributed by atoms with E-state index in [1.54, 1.807) is 6.20 Å². The normalized spacial score (nSPS) is 10.5. The van der Waals surface area contributed by atoms with Crippen LogP contribution in [0.1, 0.15) is 10.4 Å². The van der Waals surface area contributed by atoms with Gasteiger partial charge in [-0.2, -0.15) is 0 Å². The van der Waals surface area contributed by atoms with E-state index in [9.17, 15) is 13.6 Å². The zero-order chi connectivity index (χ0) is 17.6. The van der Waals surface area contributed by atoms with Crippen molar-refractivity contribution in [1.29, 1.82) is 0 Å². The Bertz CT molecular complexity index is 852. The van der Waals surface area contributed by atoms with Crippen LogP contribution < -0.4 is 10.6 Å². The number of aromatic nitrogens is 3. The number of carbonyl (C=O) groups excluding carboxylic acids is 1. The number of hydrogen-bond donors (Lipinski definition) is 2. The number of anilines is 1. The number of nitrogens with one attached hydrogen (secondary N) is 2. The summed E-state index contributed by atoms with van der Waals surface area (Å²) in [6.07, 6.45) is 1.67. The van der Waals surface area contributed by atoms with Crippen molar-refractivity contribution in [3.63, 3.8) is 0 Å². The lowest BCUT2D eigenvalue weighted by Crippen LogP contribution is -2.30. The minimum atomic E-state index is -0.894. The lowest BCUT2D eigenvalue weighted by molar-refractivity contribution is 0.0947. The molecule has 0 unspecified atom stereocenters. The fourth-order valence-corrected chi connectivity index (χ4v) is 2.78. The summed E-state index contributed by atoms with van der Waals surface area (Å²) in [7, 11) is 0. The fourth-order valence-electron chi connectivity index (χ4n) is 2.04. The maximum absolute atomic E-state index is 13.5. The topological polar surface area (TPSA) is 79.8 Å². The molecular weight excluding hydrogens is 348 g/mol. The molecule has 6 nitrogen and oxygen atoms in total. The first-order chi connectivity index (χ1) is 12.1. The van der Waals surface area contributed by atoms with Crippen LogP contribution in [0.4, 0.5) is 13.9 Å². The summed E-state index contributed by atoms with van der Waals surface area (Å²) in [6.45, 7) is 0.504. The maximum atomic E-state index is 13.5. The molecule has 0 aliphatic rings. The predicted molar refractivity (Wildman–Crippen MR) is 90.3 cm³/mol. The van der Waals surface area contributed by atoms with Crippen molar-refractivity contribution in [3.05, 3.63) is 59.8 Å². The van der Waals surface area contributed by atoms with Crippen LogP contribution in [0, 0.1) is 11.6 Å². The molecule has 1 aromatic carbocycles. The molecule has 0 bridgehead atoms. The van der Waals surface area contributed by atoms with E-state index in [1.807, 2.05) is 18.2 Å². The highest BCUT2D eigenvalue weighted by Crippen LogP contribution is 2.23. The van der Waals surface area contributed by atoms with Crippen molar-refractivity contribution in [2.45, 2.75) is 0 Å². The first-order valence-electron chi connectivity index (χ1n) is 7.36. The maximum Gasteiger partial charge on any atom is 0.257 e. The SMILES string of the molecule is O=C(NCCNc1nnc(-c2ccccn2)s1)c1c(F)cccc1F. The van der Waals surface area contributed by atoms with Gasteiger partial charge in [-0.25, -0.2) is 8.78 Å². The number of carbonyl (C=O) groups is 1. The zero-order valence-electron chi connectivity index (χ0n) is 12.9. The third-order valence-electron chi connectivity index (χ3n) is 3.19. The minimum Gasteiger partial charge on any atom is -0.358 e. The standard InChI is InChI=1S/C16H13F2N5OS/c17-10-4-3-5-11(18)13(10)14(24)20-8-9-21-16-23-22-15(25-16)12-6-1-2-7-19-12/h1-7H,8-9H2,(H,20,24)(H,21,23). The second-order valence-corrected chi connectivity index (χ2v) is 5.88. The Labute approximate surface area is 146 Å². The third-order valence-corrected chi connectivity index (χ3v) is 4.09. The van der Waals surface area contributed by atoms with E-state index in [0.29, 0.717) is 16.7 Å². The fraction of sp³-hybridized carbons (Fsp3) is 0.125. The summed E-state index contributed by atoms with van der Waals surface area (Å²) in [5.74, 6) is -2.59. The van der Waals surface area contributed by atoms with Gasteiger partial charge >= 0.3 is 0 Å². The van der Waals surface area contributed by atoms with Crippen molar-refractivity contribution < 1.29 is 13.6 Å². The molecule has 0 aliphatic carbocycles. The quantitative estimate of drug-likeness (QED) is 0.660. The van der Waals surface area contributed by atoms with Crippen molar-refractivity contribution in [1.82, 2.24) is 20.5 Å². The van der Waals surface area contributed by atoms with Crippen LogP contribution in [-0.4, -0.2) is 34.2 Å². The van der Waals surface area contributed by atoms with Crippen LogP contribution in [0.2, 0.25) is 0 Å². The lowest BCUT2D eigenvalue weighted by atomic mass is 10.2. The van der Waals surface area contributed by atoms with Gasteiger partial charge in [-0.3, -0.25) is 9.78 Å². The van der Waals surface area contributed by atoms with E-state index in [4.69, 9.17) is 0 Å². The molecule has 25 heavy (non-hydrogen) atoms. The summed E-state index contributed by atoms with van der Waals surface area (Å²) < 4.78 is 27.0. The Morgan fingerprint density at radius 2 is 1.84 bits per heavy atom. The first-order valence-corrected chi connectivity index (χ1v) is 8.18. The average Bonchev–Trinajstić information content (AvgIpc) is 3.08. The van der Waals surface area contributed by atoms with Gasteiger partial charge in [0.15, 0.2) is 5.01 Å². The van der Waals surface area contributed by atoms with Gasteiger partial charge in [0.2, 0.25) is 5.13 Å². The Hall–Kier alpha value is -2.94. The van der Waals surface area contributed by atoms with Gasteiger partial charge in [0.05, 0.1) is 0 Å². The van der Waals surface area contributed by atoms with Crippen LogP contribution in [-0.2, 0) is 0 Å². The number of rotatable bonds is 6. The van der Waals surface area contributed by atoms with Crippen molar-refractivity contribution in [2.24, 2.45) is 0 Å². The molecule has 2 heterocycles. The van der Waals surface area contributed by atoms with Crippen LogP contribution in [0.5, 0.6) is 0 Å².